The molecule has 0 fully saturated rings. The molecule has 0 spiro atoms. The summed E-state index contributed by atoms with van der Waals surface area (Å²) in [6, 6.07) is 9.18. The predicted octanol–water partition coefficient (Wildman–Crippen LogP) is 2.98. The van der Waals surface area contributed by atoms with Crippen LogP contribution in [0.2, 0.25) is 0 Å². The third kappa shape index (κ3) is 2.88. The maximum Gasteiger partial charge on any atom is 0.259 e. The summed E-state index contributed by atoms with van der Waals surface area (Å²) in [6.45, 7) is 1.82. The molecular weight excluding hydrogens is 259 g/mol. The maximum atomic E-state index is 13.6. The summed E-state index contributed by atoms with van der Waals surface area (Å²) in [7, 11) is 1.44. The zero-order chi connectivity index (χ0) is 14.7. The lowest BCUT2D eigenvalue weighted by atomic mass is 10.1. The van der Waals surface area contributed by atoms with Gasteiger partial charge in [0, 0.05) is 11.8 Å². The van der Waals surface area contributed by atoms with Gasteiger partial charge in [0.1, 0.15) is 11.6 Å². The van der Waals surface area contributed by atoms with Crippen LogP contribution in [-0.4, -0.2) is 13.0 Å². The Balaban J connectivity index is 2.30. The molecule has 20 heavy (non-hydrogen) atoms. The molecule has 104 valence electrons. The number of benzene rings is 2. The molecule has 2 rings (SSSR count). The molecule has 0 aliphatic rings. The van der Waals surface area contributed by atoms with Crippen LogP contribution in [0.3, 0.4) is 0 Å². The largest absolute Gasteiger partial charge is 0.496 e. The van der Waals surface area contributed by atoms with Gasteiger partial charge in [0.25, 0.3) is 5.91 Å². The lowest BCUT2D eigenvalue weighted by molar-refractivity contribution is 0.102. The second kappa shape index (κ2) is 5.61. The Morgan fingerprint density at radius 2 is 2.00 bits per heavy atom. The molecular formula is C15H15FN2O2. The van der Waals surface area contributed by atoms with Crippen molar-refractivity contribution in [1.82, 2.24) is 0 Å². The molecule has 0 radical (unpaired) electrons. The second-order valence-corrected chi connectivity index (χ2v) is 4.40. The molecule has 5 heteroatoms. The van der Waals surface area contributed by atoms with E-state index in [0.717, 1.165) is 5.56 Å². The number of anilines is 2. The fourth-order valence-corrected chi connectivity index (χ4v) is 1.82. The van der Waals surface area contributed by atoms with Gasteiger partial charge in [-0.25, -0.2) is 4.39 Å². The van der Waals surface area contributed by atoms with Crippen molar-refractivity contribution in [1.29, 1.82) is 0 Å². The van der Waals surface area contributed by atoms with Gasteiger partial charge in [0.2, 0.25) is 0 Å². The van der Waals surface area contributed by atoms with Gasteiger partial charge < -0.3 is 15.8 Å². The maximum absolute atomic E-state index is 13.6. The van der Waals surface area contributed by atoms with E-state index in [-0.39, 0.29) is 5.69 Å². The van der Waals surface area contributed by atoms with Crippen LogP contribution in [0, 0.1) is 12.7 Å². The van der Waals surface area contributed by atoms with E-state index in [1.165, 1.54) is 19.2 Å². The Labute approximate surface area is 116 Å². The molecule has 0 saturated carbocycles. The third-order valence-corrected chi connectivity index (χ3v) is 2.84. The summed E-state index contributed by atoms with van der Waals surface area (Å²) < 4.78 is 18.7. The molecule has 0 heterocycles. The highest BCUT2D eigenvalue weighted by Crippen LogP contribution is 2.23. The molecule has 0 atom stereocenters. The molecule has 0 aliphatic heterocycles. The normalized spacial score (nSPS) is 10.2. The first-order chi connectivity index (χ1) is 9.51. The van der Waals surface area contributed by atoms with Gasteiger partial charge in [0.05, 0.1) is 18.4 Å². The number of hydrogen-bond donors (Lipinski definition) is 2. The molecule has 4 nitrogen and oxygen atoms in total. The SMILES string of the molecule is COc1cc(N)ccc1C(=O)Nc1cc(C)ccc1F. The summed E-state index contributed by atoms with van der Waals surface area (Å²) in [4.78, 5) is 12.2. The van der Waals surface area contributed by atoms with Gasteiger partial charge in [0.15, 0.2) is 0 Å². The van der Waals surface area contributed by atoms with E-state index in [1.54, 1.807) is 24.3 Å². The lowest BCUT2D eigenvalue weighted by Crippen LogP contribution is -2.14. The van der Waals surface area contributed by atoms with Crippen molar-refractivity contribution in [2.24, 2.45) is 0 Å². The number of hydrogen-bond acceptors (Lipinski definition) is 3. The van der Waals surface area contributed by atoms with Crippen LogP contribution in [0.1, 0.15) is 15.9 Å². The van der Waals surface area contributed by atoms with Crippen molar-refractivity contribution < 1.29 is 13.9 Å². The van der Waals surface area contributed by atoms with E-state index >= 15 is 0 Å². The molecule has 0 unspecified atom stereocenters. The molecule has 0 bridgehead atoms. The van der Waals surface area contributed by atoms with Crippen LogP contribution in [-0.2, 0) is 0 Å². The lowest BCUT2D eigenvalue weighted by Gasteiger charge is -2.11. The number of aryl methyl sites for hydroxylation is 1. The van der Waals surface area contributed by atoms with Crippen LogP contribution in [0.5, 0.6) is 5.75 Å². The minimum absolute atomic E-state index is 0.133. The van der Waals surface area contributed by atoms with Crippen LogP contribution in [0.25, 0.3) is 0 Å². The van der Waals surface area contributed by atoms with E-state index in [4.69, 9.17) is 10.5 Å². The first-order valence-electron chi connectivity index (χ1n) is 6.02. The molecule has 0 aliphatic carbocycles. The van der Waals surface area contributed by atoms with Crippen LogP contribution < -0.4 is 15.8 Å². The topological polar surface area (TPSA) is 64.3 Å². The summed E-state index contributed by atoms with van der Waals surface area (Å²) in [5.74, 6) is -0.597. The molecule has 1 amide bonds. The quantitative estimate of drug-likeness (QED) is 0.846. The Morgan fingerprint density at radius 3 is 2.70 bits per heavy atom. The number of amides is 1. The Bertz CT molecular complexity index is 656. The number of ether oxygens (including phenoxy) is 1. The highest BCUT2D eigenvalue weighted by Gasteiger charge is 2.14. The van der Waals surface area contributed by atoms with Gasteiger partial charge in [-0.15, -0.1) is 0 Å². The Morgan fingerprint density at radius 1 is 1.25 bits per heavy atom. The first kappa shape index (κ1) is 13.9. The van der Waals surface area contributed by atoms with Gasteiger partial charge in [-0.05, 0) is 36.8 Å². The standard InChI is InChI=1S/C15H15FN2O2/c1-9-3-6-12(16)13(7-9)18-15(19)11-5-4-10(17)8-14(11)20-2/h3-8H,17H2,1-2H3,(H,18,19). The fourth-order valence-electron chi connectivity index (χ4n) is 1.82. The summed E-state index contributed by atoms with van der Waals surface area (Å²) >= 11 is 0. The van der Waals surface area contributed by atoms with Crippen molar-refractivity contribution >= 4 is 17.3 Å². The molecule has 2 aromatic rings. The highest BCUT2D eigenvalue weighted by molar-refractivity contribution is 6.06. The zero-order valence-electron chi connectivity index (χ0n) is 11.2. The Kier molecular flexibility index (Phi) is 3.89. The van der Waals surface area contributed by atoms with E-state index in [9.17, 15) is 9.18 Å². The van der Waals surface area contributed by atoms with Gasteiger partial charge >= 0.3 is 0 Å². The van der Waals surface area contributed by atoms with Crippen molar-refractivity contribution in [3.8, 4) is 5.75 Å². The van der Waals surface area contributed by atoms with Gasteiger partial charge in [-0.3, -0.25) is 4.79 Å². The van der Waals surface area contributed by atoms with E-state index < -0.39 is 11.7 Å². The van der Waals surface area contributed by atoms with Crippen LogP contribution in [0.15, 0.2) is 36.4 Å². The van der Waals surface area contributed by atoms with E-state index in [1.807, 2.05) is 6.92 Å². The van der Waals surface area contributed by atoms with E-state index in [0.29, 0.717) is 17.0 Å². The van der Waals surface area contributed by atoms with Gasteiger partial charge in [-0.1, -0.05) is 6.07 Å². The highest BCUT2D eigenvalue weighted by atomic mass is 19.1. The molecule has 0 saturated heterocycles. The number of carbonyl (C=O) groups excluding carboxylic acids is 1. The smallest absolute Gasteiger partial charge is 0.259 e. The summed E-state index contributed by atoms with van der Waals surface area (Å²) in [5, 5.41) is 2.53. The monoisotopic (exact) mass is 274 g/mol. The minimum Gasteiger partial charge on any atom is -0.496 e. The number of carbonyl (C=O) groups is 1. The van der Waals surface area contributed by atoms with Crippen molar-refractivity contribution in [2.45, 2.75) is 6.92 Å². The van der Waals surface area contributed by atoms with Crippen molar-refractivity contribution in [3.05, 3.63) is 53.3 Å². The number of methoxy groups -OCH3 is 1. The number of nitrogens with one attached hydrogen (secondary N) is 1. The molecule has 2 aromatic carbocycles. The minimum atomic E-state index is -0.488. The Hall–Kier alpha value is -2.56. The van der Waals surface area contributed by atoms with Crippen LogP contribution >= 0.6 is 0 Å². The number of halogens is 1. The average Bonchev–Trinajstić information content (AvgIpc) is 2.42. The third-order valence-electron chi connectivity index (χ3n) is 2.84. The molecule has 3 N–H and O–H groups in total. The summed E-state index contributed by atoms with van der Waals surface area (Å²) in [6.07, 6.45) is 0. The van der Waals surface area contributed by atoms with Gasteiger partial charge in [-0.2, -0.15) is 0 Å². The number of nitrogen functional groups attached to an aromatic ring is 1. The van der Waals surface area contributed by atoms with Crippen molar-refractivity contribution in [3.63, 3.8) is 0 Å². The van der Waals surface area contributed by atoms with Crippen molar-refractivity contribution in [2.75, 3.05) is 18.2 Å². The molecule has 0 aromatic heterocycles. The summed E-state index contributed by atoms with van der Waals surface area (Å²) in [5.41, 5.74) is 7.39. The van der Waals surface area contributed by atoms with Crippen LogP contribution in [0.4, 0.5) is 15.8 Å². The van der Waals surface area contributed by atoms with E-state index in [2.05, 4.69) is 5.32 Å². The average molecular weight is 274 g/mol. The predicted molar refractivity (Wildman–Crippen MR) is 76.5 cm³/mol. The number of nitrogens with two attached hydrogens (primary N) is 1. The second-order valence-electron chi connectivity index (χ2n) is 4.40. The number of rotatable bonds is 3. The zero-order valence-corrected chi connectivity index (χ0v) is 11.2. The first-order valence-corrected chi connectivity index (χ1v) is 6.02. The fraction of sp³-hybridized carbons (Fsp3) is 0.133.